The molecule has 1 aromatic carbocycles. The van der Waals surface area contributed by atoms with Crippen LogP contribution in [-0.2, 0) is 9.59 Å². The molecule has 0 saturated carbocycles. The number of amides is 2. The molecule has 1 atom stereocenters. The Morgan fingerprint density at radius 3 is 2.74 bits per heavy atom. The second-order valence-electron chi connectivity index (χ2n) is 4.86. The van der Waals surface area contributed by atoms with Crippen LogP contribution < -0.4 is 5.32 Å². The monoisotopic (exact) mass is 260 g/mol. The van der Waals surface area contributed by atoms with Crippen molar-refractivity contribution in [1.29, 1.82) is 0 Å². The first kappa shape index (κ1) is 13.6. The molecule has 0 bridgehead atoms. The summed E-state index contributed by atoms with van der Waals surface area (Å²) < 4.78 is 0. The van der Waals surface area contributed by atoms with Gasteiger partial charge in [0.1, 0.15) is 0 Å². The van der Waals surface area contributed by atoms with Crippen molar-refractivity contribution in [3.05, 3.63) is 35.9 Å². The van der Waals surface area contributed by atoms with Crippen LogP contribution in [0.25, 0.3) is 0 Å². The molecule has 2 rings (SSSR count). The Balaban J connectivity index is 2.14. The molecule has 1 N–H and O–H groups in total. The van der Waals surface area contributed by atoms with Gasteiger partial charge in [-0.2, -0.15) is 0 Å². The lowest BCUT2D eigenvalue weighted by Crippen LogP contribution is -2.51. The summed E-state index contributed by atoms with van der Waals surface area (Å²) in [6.45, 7) is 3.42. The third-order valence-electron chi connectivity index (χ3n) is 3.43. The summed E-state index contributed by atoms with van der Waals surface area (Å²) in [5, 5.41) is 2.74. The molecule has 1 saturated heterocycles. The molecule has 0 aromatic heterocycles. The summed E-state index contributed by atoms with van der Waals surface area (Å²) >= 11 is 0. The fourth-order valence-corrected chi connectivity index (χ4v) is 2.45. The van der Waals surface area contributed by atoms with Crippen LogP contribution in [0.1, 0.15) is 31.2 Å². The van der Waals surface area contributed by atoms with Crippen LogP contribution in [-0.4, -0.2) is 36.3 Å². The number of hydrogen-bond donors (Lipinski definition) is 1. The van der Waals surface area contributed by atoms with Gasteiger partial charge in [0.25, 0.3) is 0 Å². The largest absolute Gasteiger partial charge is 0.353 e. The number of hydrogen-bond acceptors (Lipinski definition) is 2. The number of carbonyl (C=O) groups is 2. The second kappa shape index (κ2) is 6.36. The van der Waals surface area contributed by atoms with Crippen LogP contribution >= 0.6 is 0 Å². The standard InChI is InChI=1S/C15H20N2O2/c1-2-6-13(12-7-4-3-5-8-12)15(19)17-10-9-16-14(18)11-17/h3-5,7-8,13H,2,6,9-11H2,1H3,(H,16,18)/t13-/m0/s1. The number of piperazine rings is 1. The Bertz CT molecular complexity index is 445. The molecular formula is C15H20N2O2. The Hall–Kier alpha value is -1.84. The van der Waals surface area contributed by atoms with Crippen molar-refractivity contribution in [3.8, 4) is 0 Å². The van der Waals surface area contributed by atoms with Crippen molar-refractivity contribution < 1.29 is 9.59 Å². The van der Waals surface area contributed by atoms with Gasteiger partial charge in [-0.25, -0.2) is 0 Å². The van der Waals surface area contributed by atoms with E-state index < -0.39 is 0 Å². The zero-order valence-electron chi connectivity index (χ0n) is 11.3. The normalized spacial score (nSPS) is 16.9. The summed E-state index contributed by atoms with van der Waals surface area (Å²) in [5.41, 5.74) is 1.04. The van der Waals surface area contributed by atoms with Gasteiger partial charge >= 0.3 is 0 Å². The van der Waals surface area contributed by atoms with Crippen molar-refractivity contribution in [2.75, 3.05) is 19.6 Å². The molecule has 2 amide bonds. The van der Waals surface area contributed by atoms with Crippen LogP contribution in [0.4, 0.5) is 0 Å². The van der Waals surface area contributed by atoms with Gasteiger partial charge in [0.15, 0.2) is 0 Å². The van der Waals surface area contributed by atoms with Crippen molar-refractivity contribution >= 4 is 11.8 Å². The van der Waals surface area contributed by atoms with E-state index in [9.17, 15) is 9.59 Å². The molecule has 0 aliphatic carbocycles. The molecule has 0 radical (unpaired) electrons. The lowest BCUT2D eigenvalue weighted by atomic mass is 9.93. The highest BCUT2D eigenvalue weighted by Gasteiger charge is 2.28. The molecule has 1 fully saturated rings. The van der Waals surface area contributed by atoms with Gasteiger partial charge in [-0.15, -0.1) is 0 Å². The minimum absolute atomic E-state index is 0.0667. The van der Waals surface area contributed by atoms with Gasteiger partial charge < -0.3 is 10.2 Å². The van der Waals surface area contributed by atoms with E-state index in [1.807, 2.05) is 30.3 Å². The van der Waals surface area contributed by atoms with E-state index in [4.69, 9.17) is 0 Å². The van der Waals surface area contributed by atoms with Gasteiger partial charge in [0.2, 0.25) is 11.8 Å². The maximum absolute atomic E-state index is 12.6. The van der Waals surface area contributed by atoms with E-state index in [2.05, 4.69) is 12.2 Å². The minimum Gasteiger partial charge on any atom is -0.353 e. The van der Waals surface area contributed by atoms with Crippen LogP contribution in [0.5, 0.6) is 0 Å². The van der Waals surface area contributed by atoms with E-state index in [0.717, 1.165) is 18.4 Å². The van der Waals surface area contributed by atoms with E-state index in [-0.39, 0.29) is 24.3 Å². The number of benzene rings is 1. The predicted octanol–water partition coefficient (Wildman–Crippen LogP) is 1.53. The average Bonchev–Trinajstić information content (AvgIpc) is 2.45. The van der Waals surface area contributed by atoms with Gasteiger partial charge in [0.05, 0.1) is 12.5 Å². The van der Waals surface area contributed by atoms with Crippen LogP contribution in [0.15, 0.2) is 30.3 Å². The predicted molar refractivity (Wildman–Crippen MR) is 73.7 cm³/mol. The lowest BCUT2D eigenvalue weighted by molar-refractivity contribution is -0.139. The van der Waals surface area contributed by atoms with E-state index >= 15 is 0 Å². The highest BCUT2D eigenvalue weighted by atomic mass is 16.2. The maximum atomic E-state index is 12.6. The summed E-state index contributed by atoms with van der Waals surface area (Å²) in [6, 6.07) is 9.83. The number of nitrogens with zero attached hydrogens (tertiary/aromatic N) is 1. The van der Waals surface area contributed by atoms with Gasteiger partial charge in [-0.05, 0) is 12.0 Å². The van der Waals surface area contributed by atoms with E-state index in [1.54, 1.807) is 4.90 Å². The lowest BCUT2D eigenvalue weighted by Gasteiger charge is -2.30. The van der Waals surface area contributed by atoms with Gasteiger partial charge in [-0.1, -0.05) is 43.7 Å². The highest BCUT2D eigenvalue weighted by molar-refractivity contribution is 5.89. The molecule has 102 valence electrons. The van der Waals surface area contributed by atoms with Crippen molar-refractivity contribution in [3.63, 3.8) is 0 Å². The summed E-state index contributed by atoms with van der Waals surface area (Å²) in [6.07, 6.45) is 1.77. The molecule has 19 heavy (non-hydrogen) atoms. The molecule has 1 aromatic rings. The first-order valence-electron chi connectivity index (χ1n) is 6.82. The Labute approximate surface area is 113 Å². The molecule has 0 unspecified atom stereocenters. The Morgan fingerprint density at radius 1 is 1.37 bits per heavy atom. The molecule has 1 heterocycles. The van der Waals surface area contributed by atoms with Gasteiger partial charge in [-0.3, -0.25) is 9.59 Å². The first-order chi connectivity index (χ1) is 9.22. The fourth-order valence-electron chi connectivity index (χ4n) is 2.45. The minimum atomic E-state index is -0.128. The number of nitrogens with one attached hydrogen (secondary N) is 1. The molecule has 1 aliphatic heterocycles. The van der Waals surface area contributed by atoms with Crippen molar-refractivity contribution in [2.45, 2.75) is 25.7 Å². The quantitative estimate of drug-likeness (QED) is 0.892. The Kier molecular flexibility index (Phi) is 4.55. The molecule has 1 aliphatic rings. The second-order valence-corrected chi connectivity index (χ2v) is 4.86. The highest BCUT2D eigenvalue weighted by Crippen LogP contribution is 2.23. The molecule has 4 nitrogen and oxygen atoms in total. The fraction of sp³-hybridized carbons (Fsp3) is 0.467. The van der Waals surface area contributed by atoms with Crippen LogP contribution in [0.2, 0.25) is 0 Å². The third-order valence-corrected chi connectivity index (χ3v) is 3.43. The topological polar surface area (TPSA) is 49.4 Å². The smallest absolute Gasteiger partial charge is 0.239 e. The molecule has 0 spiro atoms. The van der Waals surface area contributed by atoms with E-state index in [1.165, 1.54) is 0 Å². The van der Waals surface area contributed by atoms with Crippen molar-refractivity contribution in [1.82, 2.24) is 10.2 Å². The first-order valence-corrected chi connectivity index (χ1v) is 6.82. The van der Waals surface area contributed by atoms with Crippen LogP contribution in [0.3, 0.4) is 0 Å². The maximum Gasteiger partial charge on any atom is 0.239 e. The number of carbonyl (C=O) groups excluding carboxylic acids is 2. The number of rotatable bonds is 4. The van der Waals surface area contributed by atoms with Crippen LogP contribution in [0, 0.1) is 0 Å². The zero-order valence-corrected chi connectivity index (χ0v) is 11.3. The van der Waals surface area contributed by atoms with Gasteiger partial charge in [0, 0.05) is 13.1 Å². The third kappa shape index (κ3) is 3.34. The Morgan fingerprint density at radius 2 is 2.11 bits per heavy atom. The summed E-state index contributed by atoms with van der Waals surface area (Å²) in [4.78, 5) is 25.6. The zero-order chi connectivity index (χ0) is 13.7. The SMILES string of the molecule is CCC[C@H](C(=O)N1CCNC(=O)C1)c1ccccc1. The molecular weight excluding hydrogens is 240 g/mol. The van der Waals surface area contributed by atoms with Crippen molar-refractivity contribution in [2.24, 2.45) is 0 Å². The summed E-state index contributed by atoms with van der Waals surface area (Å²) in [7, 11) is 0. The molecule has 4 heteroatoms. The average molecular weight is 260 g/mol. The summed E-state index contributed by atoms with van der Waals surface area (Å²) in [5.74, 6) is -0.122. The van der Waals surface area contributed by atoms with E-state index in [0.29, 0.717) is 13.1 Å².